The third-order valence-electron chi connectivity index (χ3n) is 3.48. The van der Waals surface area contributed by atoms with E-state index >= 15 is 0 Å². The van der Waals surface area contributed by atoms with Crippen LogP contribution in [0.1, 0.15) is 32.1 Å². The molecule has 2 N–H and O–H groups in total. The Labute approximate surface area is 118 Å². The Morgan fingerprint density at radius 1 is 1.20 bits per heavy atom. The Kier molecular flexibility index (Phi) is 6.76. The Hall–Kier alpha value is -1.85. The minimum Gasteiger partial charge on any atom is -0.481 e. The summed E-state index contributed by atoms with van der Waals surface area (Å²) in [7, 11) is 0. The van der Waals surface area contributed by atoms with Gasteiger partial charge in [-0.05, 0) is 32.1 Å². The van der Waals surface area contributed by atoms with E-state index in [1.165, 1.54) is 0 Å². The fourth-order valence-corrected chi connectivity index (χ4v) is 2.26. The molecule has 0 atom stereocenters. The molecule has 1 aliphatic carbocycles. The van der Waals surface area contributed by atoms with Crippen molar-refractivity contribution in [3.8, 4) is 0 Å². The van der Waals surface area contributed by atoms with Crippen molar-refractivity contribution < 1.29 is 24.2 Å². The zero-order chi connectivity index (χ0) is 15.0. The maximum atomic E-state index is 11.8. The Balaban J connectivity index is 2.13. The van der Waals surface area contributed by atoms with Gasteiger partial charge in [-0.25, -0.2) is 4.79 Å². The van der Waals surface area contributed by atoms with Crippen LogP contribution in [-0.2, 0) is 19.1 Å². The normalized spacial score (nSPS) is 21.8. The summed E-state index contributed by atoms with van der Waals surface area (Å²) in [5, 5.41) is 11.7. The number of hydrogen-bond donors (Lipinski definition) is 2. The number of hydrogen-bond acceptors (Lipinski definition) is 4. The highest BCUT2D eigenvalue weighted by molar-refractivity contribution is 5.81. The molecule has 6 nitrogen and oxygen atoms in total. The standard InChI is InChI=1S/C14H21NO5/c1-2-12(16)20-9-3-8-15-13(17)10-4-6-11(7-5-10)14(18)19/h2,10-11H,1,3-9H2,(H,15,17)(H,18,19). The van der Waals surface area contributed by atoms with Gasteiger partial charge in [0.2, 0.25) is 5.91 Å². The van der Waals surface area contributed by atoms with Crippen LogP contribution in [0.4, 0.5) is 0 Å². The first-order valence-corrected chi connectivity index (χ1v) is 6.84. The monoisotopic (exact) mass is 283 g/mol. The van der Waals surface area contributed by atoms with Crippen LogP contribution in [0.25, 0.3) is 0 Å². The number of ether oxygens (including phenoxy) is 1. The summed E-state index contributed by atoms with van der Waals surface area (Å²) in [5.41, 5.74) is 0. The smallest absolute Gasteiger partial charge is 0.330 e. The van der Waals surface area contributed by atoms with Crippen LogP contribution in [0.3, 0.4) is 0 Å². The molecule has 0 aromatic heterocycles. The first-order valence-electron chi connectivity index (χ1n) is 6.84. The minimum absolute atomic E-state index is 0.0381. The number of aliphatic carboxylic acids is 1. The number of esters is 1. The first-order chi connectivity index (χ1) is 9.54. The van der Waals surface area contributed by atoms with Crippen LogP contribution in [-0.4, -0.2) is 36.1 Å². The third kappa shape index (κ3) is 5.42. The summed E-state index contributed by atoms with van der Waals surface area (Å²) in [5.74, 6) is -1.68. The quantitative estimate of drug-likeness (QED) is 0.415. The van der Waals surface area contributed by atoms with Gasteiger partial charge in [-0.1, -0.05) is 6.58 Å². The molecule has 6 heteroatoms. The van der Waals surface area contributed by atoms with Gasteiger partial charge in [-0.2, -0.15) is 0 Å². The molecule has 0 aromatic carbocycles. The summed E-state index contributed by atoms with van der Waals surface area (Å²) >= 11 is 0. The SMILES string of the molecule is C=CC(=O)OCCCNC(=O)C1CCC(C(=O)O)CC1. The molecule has 1 amide bonds. The molecule has 1 saturated carbocycles. The lowest BCUT2D eigenvalue weighted by Crippen LogP contribution is -2.35. The van der Waals surface area contributed by atoms with E-state index in [1.54, 1.807) is 0 Å². The lowest BCUT2D eigenvalue weighted by molar-refractivity contribution is -0.144. The van der Waals surface area contributed by atoms with E-state index in [0.29, 0.717) is 38.6 Å². The van der Waals surface area contributed by atoms with Crippen LogP contribution in [0.2, 0.25) is 0 Å². The number of carboxylic acids is 1. The van der Waals surface area contributed by atoms with E-state index in [0.717, 1.165) is 6.08 Å². The largest absolute Gasteiger partial charge is 0.481 e. The van der Waals surface area contributed by atoms with Crippen LogP contribution >= 0.6 is 0 Å². The van der Waals surface area contributed by atoms with Crippen LogP contribution in [0.5, 0.6) is 0 Å². The van der Waals surface area contributed by atoms with E-state index in [4.69, 9.17) is 9.84 Å². The zero-order valence-corrected chi connectivity index (χ0v) is 11.5. The Morgan fingerprint density at radius 2 is 1.80 bits per heavy atom. The van der Waals surface area contributed by atoms with E-state index in [-0.39, 0.29) is 24.3 Å². The first kappa shape index (κ1) is 16.2. The van der Waals surface area contributed by atoms with Crippen LogP contribution < -0.4 is 5.32 Å². The van der Waals surface area contributed by atoms with Gasteiger partial charge < -0.3 is 15.2 Å². The number of nitrogens with one attached hydrogen (secondary N) is 1. The summed E-state index contributed by atoms with van der Waals surface area (Å²) in [6.45, 7) is 3.97. The van der Waals surface area contributed by atoms with Gasteiger partial charge in [0.25, 0.3) is 0 Å². The second-order valence-corrected chi connectivity index (χ2v) is 4.90. The molecule has 20 heavy (non-hydrogen) atoms. The second-order valence-electron chi connectivity index (χ2n) is 4.90. The minimum atomic E-state index is -0.770. The molecule has 0 saturated heterocycles. The molecule has 0 aromatic rings. The number of carboxylic acid groups (broad SMARTS) is 1. The molecular formula is C14H21NO5. The van der Waals surface area contributed by atoms with E-state index in [1.807, 2.05) is 0 Å². The fraction of sp³-hybridized carbons (Fsp3) is 0.643. The molecule has 0 spiro atoms. The predicted octanol–water partition coefficient (Wildman–Crippen LogP) is 1.11. The maximum Gasteiger partial charge on any atom is 0.330 e. The van der Waals surface area contributed by atoms with Gasteiger partial charge in [-0.3, -0.25) is 9.59 Å². The van der Waals surface area contributed by atoms with Gasteiger partial charge in [0.15, 0.2) is 0 Å². The predicted molar refractivity (Wildman–Crippen MR) is 71.9 cm³/mol. The lowest BCUT2D eigenvalue weighted by atomic mass is 9.81. The molecule has 1 aliphatic rings. The Bertz CT molecular complexity index is 372. The van der Waals surface area contributed by atoms with Gasteiger partial charge in [0.05, 0.1) is 12.5 Å². The van der Waals surface area contributed by atoms with Crippen molar-refractivity contribution in [2.45, 2.75) is 32.1 Å². The number of amides is 1. The van der Waals surface area contributed by atoms with Crippen molar-refractivity contribution in [1.29, 1.82) is 0 Å². The van der Waals surface area contributed by atoms with Gasteiger partial charge in [0, 0.05) is 18.5 Å². The van der Waals surface area contributed by atoms with E-state index in [9.17, 15) is 14.4 Å². The molecule has 0 heterocycles. The number of carbonyl (C=O) groups excluding carboxylic acids is 2. The van der Waals surface area contributed by atoms with Crippen LogP contribution in [0.15, 0.2) is 12.7 Å². The van der Waals surface area contributed by atoms with Gasteiger partial charge in [0.1, 0.15) is 0 Å². The zero-order valence-electron chi connectivity index (χ0n) is 11.5. The molecule has 0 unspecified atom stereocenters. The van der Waals surface area contributed by atoms with Crippen molar-refractivity contribution in [1.82, 2.24) is 5.32 Å². The molecule has 0 radical (unpaired) electrons. The number of rotatable bonds is 7. The summed E-state index contributed by atoms with van der Waals surface area (Å²) < 4.78 is 4.79. The second kappa shape index (κ2) is 8.35. The topological polar surface area (TPSA) is 92.7 Å². The average Bonchev–Trinajstić information content (AvgIpc) is 2.46. The maximum absolute atomic E-state index is 11.8. The van der Waals surface area contributed by atoms with Gasteiger partial charge >= 0.3 is 11.9 Å². The highest BCUT2D eigenvalue weighted by Gasteiger charge is 2.29. The summed E-state index contributed by atoms with van der Waals surface area (Å²) in [6.07, 6.45) is 4.01. The van der Waals surface area contributed by atoms with Crippen LogP contribution in [0, 0.1) is 11.8 Å². The van der Waals surface area contributed by atoms with E-state index in [2.05, 4.69) is 11.9 Å². The number of carbonyl (C=O) groups is 3. The van der Waals surface area contributed by atoms with E-state index < -0.39 is 11.9 Å². The molecule has 1 fully saturated rings. The molecule has 112 valence electrons. The average molecular weight is 283 g/mol. The Morgan fingerprint density at radius 3 is 2.35 bits per heavy atom. The molecule has 0 bridgehead atoms. The fourth-order valence-electron chi connectivity index (χ4n) is 2.26. The lowest BCUT2D eigenvalue weighted by Gasteiger charge is -2.25. The van der Waals surface area contributed by atoms with Gasteiger partial charge in [-0.15, -0.1) is 0 Å². The van der Waals surface area contributed by atoms with Crippen molar-refractivity contribution in [3.63, 3.8) is 0 Å². The highest BCUT2D eigenvalue weighted by atomic mass is 16.5. The van der Waals surface area contributed by atoms with Crippen molar-refractivity contribution in [2.75, 3.05) is 13.2 Å². The molecular weight excluding hydrogens is 262 g/mol. The highest BCUT2D eigenvalue weighted by Crippen LogP contribution is 2.28. The summed E-state index contributed by atoms with van der Waals surface area (Å²) in [6, 6.07) is 0. The third-order valence-corrected chi connectivity index (χ3v) is 3.48. The van der Waals surface area contributed by atoms with Crippen molar-refractivity contribution in [2.24, 2.45) is 11.8 Å². The summed E-state index contributed by atoms with van der Waals surface area (Å²) in [4.78, 5) is 33.4. The van der Waals surface area contributed by atoms with Crippen molar-refractivity contribution in [3.05, 3.63) is 12.7 Å². The van der Waals surface area contributed by atoms with Crippen molar-refractivity contribution >= 4 is 17.8 Å². The molecule has 1 rings (SSSR count). The molecule has 0 aliphatic heterocycles.